The zero-order valence-electron chi connectivity index (χ0n) is 16.7. The van der Waals surface area contributed by atoms with Crippen LogP contribution in [0, 0.1) is 19.7 Å². The molecule has 2 aliphatic rings. The van der Waals surface area contributed by atoms with Gasteiger partial charge in [-0.1, -0.05) is 12.1 Å². The van der Waals surface area contributed by atoms with Crippen LogP contribution in [0.5, 0.6) is 11.5 Å². The average molecular weight is 421 g/mol. The minimum atomic E-state index is -0.250. The summed E-state index contributed by atoms with van der Waals surface area (Å²) in [5.74, 6) is 1.36. The first-order valence-electron chi connectivity index (χ1n) is 9.74. The average Bonchev–Trinajstić information content (AvgIpc) is 3.28. The van der Waals surface area contributed by atoms with E-state index >= 15 is 0 Å². The molecule has 0 saturated carbocycles. The Morgan fingerprint density at radius 2 is 1.97 bits per heavy atom. The van der Waals surface area contributed by atoms with E-state index in [4.69, 9.17) is 9.47 Å². The smallest absolute Gasteiger partial charge is 0.232 e. The number of ether oxygens (including phenoxy) is 2. The number of benzene rings is 2. The first-order valence-corrected chi connectivity index (χ1v) is 10.6. The van der Waals surface area contributed by atoms with Gasteiger partial charge in [0.15, 0.2) is 5.76 Å². The van der Waals surface area contributed by atoms with Crippen LogP contribution in [-0.4, -0.2) is 17.4 Å². The summed E-state index contributed by atoms with van der Waals surface area (Å²) in [4.78, 5) is 16.2. The molecule has 152 valence electrons. The summed E-state index contributed by atoms with van der Waals surface area (Å²) in [7, 11) is 0. The molecule has 30 heavy (non-hydrogen) atoms. The number of carbonyl (C=O) groups excluding carboxylic acids is 1. The molecule has 0 aliphatic carbocycles. The van der Waals surface area contributed by atoms with Crippen LogP contribution in [0.15, 0.2) is 47.5 Å². The highest BCUT2D eigenvalue weighted by atomic mass is 32.1. The van der Waals surface area contributed by atoms with Crippen molar-refractivity contribution in [1.29, 1.82) is 0 Å². The van der Waals surface area contributed by atoms with Gasteiger partial charge in [-0.15, -0.1) is 11.3 Å². The summed E-state index contributed by atoms with van der Waals surface area (Å²) in [6.45, 7) is 5.56. The van der Waals surface area contributed by atoms with Crippen molar-refractivity contribution in [2.75, 3.05) is 6.73 Å². The first-order chi connectivity index (χ1) is 14.5. The molecule has 1 aromatic heterocycles. The molecule has 0 unspecified atom stereocenters. The Kier molecular flexibility index (Phi) is 4.68. The van der Waals surface area contributed by atoms with Crippen LogP contribution in [0.1, 0.15) is 37.5 Å². The predicted molar refractivity (Wildman–Crippen MR) is 114 cm³/mol. The van der Waals surface area contributed by atoms with Crippen molar-refractivity contribution >= 4 is 23.2 Å². The van der Waals surface area contributed by atoms with Crippen molar-refractivity contribution in [3.63, 3.8) is 0 Å². The number of aryl methyl sites for hydroxylation is 2. The van der Waals surface area contributed by atoms with E-state index in [2.05, 4.69) is 4.90 Å². The standard InChI is InChI=1S/C24H20FNO3S/c1-14-7-8-30-21(14)10-20-23(27)22-15(2)9-19-18(24(22)29-20)12-26(13-28-19)11-16-3-5-17(25)6-4-16/h3-10H,11-13H2,1-2H3/b20-10-. The Hall–Kier alpha value is -2.96. The van der Waals surface area contributed by atoms with Gasteiger partial charge in [0, 0.05) is 24.0 Å². The third kappa shape index (κ3) is 3.32. The number of carbonyl (C=O) groups is 1. The SMILES string of the molecule is Cc1ccsc1/C=C1\Oc2c3c(cc(C)c2C1=O)OCN(Cc1ccc(F)cc1)C3. The zero-order chi connectivity index (χ0) is 20.8. The number of Topliss-reactive ketones (excluding diaryl/α,β-unsaturated/α-hetero) is 1. The number of rotatable bonds is 3. The molecule has 0 amide bonds. The molecule has 0 saturated heterocycles. The van der Waals surface area contributed by atoms with Gasteiger partial charge in [0.05, 0.1) is 11.1 Å². The lowest BCUT2D eigenvalue weighted by molar-refractivity contribution is 0.0872. The molecule has 0 radical (unpaired) electrons. The normalized spacial score (nSPS) is 16.9. The van der Waals surface area contributed by atoms with Crippen LogP contribution in [0.25, 0.3) is 6.08 Å². The van der Waals surface area contributed by atoms with Crippen molar-refractivity contribution in [2.45, 2.75) is 26.9 Å². The third-order valence-corrected chi connectivity index (χ3v) is 6.44. The van der Waals surface area contributed by atoms with E-state index in [9.17, 15) is 9.18 Å². The van der Waals surface area contributed by atoms with Gasteiger partial charge in [-0.3, -0.25) is 9.69 Å². The Morgan fingerprint density at radius 1 is 1.17 bits per heavy atom. The Bertz CT molecular complexity index is 1180. The molecule has 0 N–H and O–H groups in total. The molecule has 4 nitrogen and oxygen atoms in total. The maximum atomic E-state index is 13.2. The maximum Gasteiger partial charge on any atom is 0.232 e. The monoisotopic (exact) mass is 421 g/mol. The highest BCUT2D eigenvalue weighted by Gasteiger charge is 2.35. The first kappa shape index (κ1) is 19.0. The quantitative estimate of drug-likeness (QED) is 0.526. The van der Waals surface area contributed by atoms with Crippen LogP contribution in [0.2, 0.25) is 0 Å². The number of ketones is 1. The maximum absolute atomic E-state index is 13.2. The molecule has 0 fully saturated rings. The number of nitrogens with zero attached hydrogens (tertiary/aromatic N) is 1. The molecule has 0 bridgehead atoms. The molecular formula is C24H20FNO3S. The van der Waals surface area contributed by atoms with Crippen molar-refractivity contribution < 1.29 is 18.7 Å². The lowest BCUT2D eigenvalue weighted by Crippen LogP contribution is -2.31. The number of thiophene rings is 1. The van der Waals surface area contributed by atoms with Gasteiger partial charge in [-0.2, -0.15) is 0 Å². The fourth-order valence-electron chi connectivity index (χ4n) is 3.88. The van der Waals surface area contributed by atoms with Gasteiger partial charge in [0.2, 0.25) is 5.78 Å². The lowest BCUT2D eigenvalue weighted by Gasteiger charge is -2.30. The summed E-state index contributed by atoms with van der Waals surface area (Å²) < 4.78 is 25.3. The molecule has 2 aliphatic heterocycles. The summed E-state index contributed by atoms with van der Waals surface area (Å²) >= 11 is 1.58. The number of halogens is 1. The summed E-state index contributed by atoms with van der Waals surface area (Å²) in [6, 6.07) is 10.4. The van der Waals surface area contributed by atoms with E-state index in [1.54, 1.807) is 23.5 Å². The van der Waals surface area contributed by atoms with Crippen molar-refractivity contribution in [2.24, 2.45) is 0 Å². The molecular weight excluding hydrogens is 401 g/mol. The van der Waals surface area contributed by atoms with E-state index in [1.165, 1.54) is 12.1 Å². The van der Waals surface area contributed by atoms with Crippen LogP contribution < -0.4 is 9.47 Å². The molecule has 0 spiro atoms. The zero-order valence-corrected chi connectivity index (χ0v) is 17.5. The number of hydrogen-bond acceptors (Lipinski definition) is 5. The Labute approximate surface area is 178 Å². The predicted octanol–water partition coefficient (Wildman–Crippen LogP) is 5.47. The number of hydrogen-bond donors (Lipinski definition) is 0. The third-order valence-electron chi connectivity index (χ3n) is 5.47. The van der Waals surface area contributed by atoms with Crippen LogP contribution in [-0.2, 0) is 13.1 Å². The van der Waals surface area contributed by atoms with Crippen LogP contribution in [0.3, 0.4) is 0 Å². The number of allylic oxidation sites excluding steroid dienone is 1. The second-order valence-corrected chi connectivity index (χ2v) is 8.62. The number of fused-ring (bicyclic) bond motifs is 3. The molecule has 3 heterocycles. The van der Waals surface area contributed by atoms with Crippen molar-refractivity contribution in [1.82, 2.24) is 4.90 Å². The minimum Gasteiger partial charge on any atom is -0.478 e. The van der Waals surface area contributed by atoms with Crippen LogP contribution >= 0.6 is 11.3 Å². The van der Waals surface area contributed by atoms with E-state index < -0.39 is 0 Å². The molecule has 3 aromatic rings. The van der Waals surface area contributed by atoms with E-state index in [-0.39, 0.29) is 11.6 Å². The van der Waals surface area contributed by atoms with Gasteiger partial charge in [-0.05, 0) is 60.2 Å². The van der Waals surface area contributed by atoms with Crippen LogP contribution in [0.4, 0.5) is 4.39 Å². The minimum absolute atomic E-state index is 0.0891. The highest BCUT2D eigenvalue weighted by molar-refractivity contribution is 7.11. The molecule has 5 rings (SSSR count). The largest absolute Gasteiger partial charge is 0.478 e. The van der Waals surface area contributed by atoms with Crippen molar-refractivity contribution in [3.05, 3.63) is 86.0 Å². The molecule has 6 heteroatoms. The lowest BCUT2D eigenvalue weighted by atomic mass is 9.98. The fraction of sp³-hybridized carbons (Fsp3) is 0.208. The summed E-state index contributed by atoms with van der Waals surface area (Å²) in [5.41, 5.74) is 4.46. The van der Waals surface area contributed by atoms with Gasteiger partial charge in [0.1, 0.15) is 24.0 Å². The topological polar surface area (TPSA) is 38.8 Å². The summed E-state index contributed by atoms with van der Waals surface area (Å²) in [5, 5.41) is 2.00. The summed E-state index contributed by atoms with van der Waals surface area (Å²) in [6.07, 6.45) is 1.83. The molecule has 0 atom stereocenters. The Balaban J connectivity index is 1.46. The second-order valence-electron chi connectivity index (χ2n) is 7.67. The van der Waals surface area contributed by atoms with Gasteiger partial charge in [0.25, 0.3) is 0 Å². The van der Waals surface area contributed by atoms with Gasteiger partial charge < -0.3 is 9.47 Å². The Morgan fingerprint density at radius 3 is 2.70 bits per heavy atom. The van der Waals surface area contributed by atoms with Gasteiger partial charge in [-0.25, -0.2) is 4.39 Å². The second kappa shape index (κ2) is 7.38. The van der Waals surface area contributed by atoms with Gasteiger partial charge >= 0.3 is 0 Å². The molecule has 2 aromatic carbocycles. The fourth-order valence-corrected chi connectivity index (χ4v) is 4.72. The van der Waals surface area contributed by atoms with E-state index in [0.717, 1.165) is 32.9 Å². The highest BCUT2D eigenvalue weighted by Crippen LogP contribution is 2.44. The van der Waals surface area contributed by atoms with Crippen molar-refractivity contribution in [3.8, 4) is 11.5 Å². The van der Waals surface area contributed by atoms with E-state index in [1.807, 2.05) is 37.4 Å². The van der Waals surface area contributed by atoms with E-state index in [0.29, 0.717) is 36.9 Å².